The Kier molecular flexibility index (Phi) is 4.97. The van der Waals surface area contributed by atoms with Gasteiger partial charge in [0.25, 0.3) is 0 Å². The molecule has 0 unspecified atom stereocenters. The normalized spacial score (nSPS) is 25.1. The molecule has 0 amide bonds. The largest absolute Gasteiger partial charge is 0.393 e. The van der Waals surface area contributed by atoms with Crippen LogP contribution in [0.4, 0.5) is 0 Å². The van der Waals surface area contributed by atoms with E-state index in [-0.39, 0.29) is 6.10 Å². The second-order valence-electron chi connectivity index (χ2n) is 5.29. The maximum absolute atomic E-state index is 9.46. The Hall–Kier alpha value is -1.12. The highest BCUT2D eigenvalue weighted by Gasteiger charge is 2.18. The Bertz CT molecular complexity index is 377. The molecule has 0 spiro atoms. The van der Waals surface area contributed by atoms with Gasteiger partial charge in [-0.3, -0.25) is 0 Å². The van der Waals surface area contributed by atoms with E-state index in [2.05, 4.69) is 42.6 Å². The lowest BCUT2D eigenvalue weighted by Crippen LogP contribution is -2.35. The standard InChI is InChI=1S/C16H23NO/c1-13(11-14-5-3-2-4-6-14)12-17-15-7-9-16(18)10-8-15/h2-6,11,15-18H,7-10,12H2,1H3. The summed E-state index contributed by atoms with van der Waals surface area (Å²) < 4.78 is 0. The van der Waals surface area contributed by atoms with Gasteiger partial charge in [-0.25, -0.2) is 0 Å². The molecule has 0 aliphatic heterocycles. The number of rotatable bonds is 4. The zero-order valence-corrected chi connectivity index (χ0v) is 11.1. The average molecular weight is 245 g/mol. The van der Waals surface area contributed by atoms with Gasteiger partial charge in [-0.1, -0.05) is 42.0 Å². The van der Waals surface area contributed by atoms with Crippen molar-refractivity contribution in [1.82, 2.24) is 5.32 Å². The number of nitrogens with one attached hydrogen (secondary N) is 1. The predicted molar refractivity (Wildman–Crippen MR) is 76.4 cm³/mol. The first kappa shape index (κ1) is 13.3. The Labute approximate surface area is 110 Å². The molecule has 1 aromatic rings. The van der Waals surface area contributed by atoms with Gasteiger partial charge < -0.3 is 10.4 Å². The van der Waals surface area contributed by atoms with Gasteiger partial charge in [0.15, 0.2) is 0 Å². The molecule has 1 saturated carbocycles. The quantitative estimate of drug-likeness (QED) is 0.854. The van der Waals surface area contributed by atoms with Crippen LogP contribution in [0.3, 0.4) is 0 Å². The van der Waals surface area contributed by atoms with Crippen molar-refractivity contribution in [1.29, 1.82) is 0 Å². The summed E-state index contributed by atoms with van der Waals surface area (Å²) in [5, 5.41) is 13.0. The molecule has 2 heteroatoms. The van der Waals surface area contributed by atoms with Crippen molar-refractivity contribution >= 4 is 6.08 Å². The number of hydrogen-bond acceptors (Lipinski definition) is 2. The van der Waals surface area contributed by atoms with E-state index in [0.717, 1.165) is 32.2 Å². The van der Waals surface area contributed by atoms with Crippen LogP contribution in [0.5, 0.6) is 0 Å². The summed E-state index contributed by atoms with van der Waals surface area (Å²) >= 11 is 0. The minimum Gasteiger partial charge on any atom is -0.393 e. The third-order valence-corrected chi connectivity index (χ3v) is 3.58. The summed E-state index contributed by atoms with van der Waals surface area (Å²) in [6.07, 6.45) is 6.24. The molecular formula is C16H23NO. The molecule has 18 heavy (non-hydrogen) atoms. The molecule has 1 aliphatic carbocycles. The molecule has 0 saturated heterocycles. The average Bonchev–Trinajstić information content (AvgIpc) is 2.39. The van der Waals surface area contributed by atoms with Crippen LogP contribution in [0.1, 0.15) is 38.2 Å². The van der Waals surface area contributed by atoms with Gasteiger partial charge in [0.2, 0.25) is 0 Å². The highest BCUT2D eigenvalue weighted by molar-refractivity contribution is 5.52. The molecule has 2 rings (SSSR count). The van der Waals surface area contributed by atoms with Crippen LogP contribution in [-0.2, 0) is 0 Å². The van der Waals surface area contributed by atoms with E-state index >= 15 is 0 Å². The van der Waals surface area contributed by atoms with Crippen molar-refractivity contribution in [2.75, 3.05) is 6.54 Å². The molecule has 1 aromatic carbocycles. The van der Waals surface area contributed by atoms with Crippen molar-refractivity contribution in [2.45, 2.75) is 44.8 Å². The van der Waals surface area contributed by atoms with Gasteiger partial charge in [0.1, 0.15) is 0 Å². The van der Waals surface area contributed by atoms with Crippen molar-refractivity contribution in [3.05, 3.63) is 41.5 Å². The monoisotopic (exact) mass is 245 g/mol. The molecule has 0 radical (unpaired) electrons. The molecule has 98 valence electrons. The van der Waals surface area contributed by atoms with Crippen LogP contribution in [-0.4, -0.2) is 23.8 Å². The van der Waals surface area contributed by atoms with E-state index < -0.39 is 0 Å². The minimum atomic E-state index is -0.0657. The summed E-state index contributed by atoms with van der Waals surface area (Å²) in [7, 11) is 0. The molecule has 2 N–H and O–H groups in total. The SMILES string of the molecule is CC(=Cc1ccccc1)CNC1CCC(O)CC1. The Morgan fingerprint density at radius 3 is 2.56 bits per heavy atom. The predicted octanol–water partition coefficient (Wildman–Crippen LogP) is 2.98. The third-order valence-electron chi connectivity index (χ3n) is 3.58. The highest BCUT2D eigenvalue weighted by atomic mass is 16.3. The van der Waals surface area contributed by atoms with Crippen LogP contribution in [0.25, 0.3) is 6.08 Å². The van der Waals surface area contributed by atoms with Gasteiger partial charge in [0, 0.05) is 12.6 Å². The number of aliphatic hydroxyl groups is 1. The van der Waals surface area contributed by atoms with E-state index in [9.17, 15) is 5.11 Å². The van der Waals surface area contributed by atoms with Gasteiger partial charge in [-0.05, 0) is 38.2 Å². The lowest BCUT2D eigenvalue weighted by Gasteiger charge is -2.26. The fraction of sp³-hybridized carbons (Fsp3) is 0.500. The summed E-state index contributed by atoms with van der Waals surface area (Å²) in [6.45, 7) is 3.10. The van der Waals surface area contributed by atoms with Crippen LogP contribution < -0.4 is 5.32 Å². The number of benzene rings is 1. The Morgan fingerprint density at radius 1 is 1.22 bits per heavy atom. The molecule has 0 aromatic heterocycles. The van der Waals surface area contributed by atoms with Crippen molar-refractivity contribution in [3.8, 4) is 0 Å². The zero-order valence-electron chi connectivity index (χ0n) is 11.1. The van der Waals surface area contributed by atoms with E-state index in [1.807, 2.05) is 6.07 Å². The van der Waals surface area contributed by atoms with Crippen molar-refractivity contribution in [2.24, 2.45) is 0 Å². The van der Waals surface area contributed by atoms with Crippen LogP contribution in [0, 0.1) is 0 Å². The first-order valence-corrected chi connectivity index (χ1v) is 6.88. The molecule has 1 aliphatic rings. The second-order valence-corrected chi connectivity index (χ2v) is 5.29. The van der Waals surface area contributed by atoms with Gasteiger partial charge in [-0.15, -0.1) is 0 Å². The zero-order chi connectivity index (χ0) is 12.8. The first-order valence-electron chi connectivity index (χ1n) is 6.88. The second kappa shape index (κ2) is 6.72. The van der Waals surface area contributed by atoms with Crippen molar-refractivity contribution < 1.29 is 5.11 Å². The summed E-state index contributed by atoms with van der Waals surface area (Å²) in [6, 6.07) is 11.0. The van der Waals surface area contributed by atoms with E-state index in [4.69, 9.17) is 0 Å². The van der Waals surface area contributed by atoms with Crippen LogP contribution >= 0.6 is 0 Å². The fourth-order valence-corrected chi connectivity index (χ4v) is 2.47. The fourth-order valence-electron chi connectivity index (χ4n) is 2.47. The molecule has 2 nitrogen and oxygen atoms in total. The van der Waals surface area contributed by atoms with E-state index in [0.29, 0.717) is 6.04 Å². The van der Waals surface area contributed by atoms with E-state index in [1.54, 1.807) is 0 Å². The molecular weight excluding hydrogens is 222 g/mol. The Morgan fingerprint density at radius 2 is 1.89 bits per heavy atom. The molecule has 0 atom stereocenters. The third kappa shape index (κ3) is 4.28. The first-order chi connectivity index (χ1) is 8.74. The molecule has 1 fully saturated rings. The summed E-state index contributed by atoms with van der Waals surface area (Å²) in [5.74, 6) is 0. The van der Waals surface area contributed by atoms with E-state index in [1.165, 1.54) is 11.1 Å². The van der Waals surface area contributed by atoms with Crippen LogP contribution in [0.15, 0.2) is 35.9 Å². The summed E-state index contributed by atoms with van der Waals surface area (Å²) in [5.41, 5.74) is 2.61. The van der Waals surface area contributed by atoms with Crippen molar-refractivity contribution in [3.63, 3.8) is 0 Å². The number of hydrogen-bond donors (Lipinski definition) is 2. The van der Waals surface area contributed by atoms with Gasteiger partial charge in [-0.2, -0.15) is 0 Å². The molecule has 0 bridgehead atoms. The van der Waals surface area contributed by atoms with Crippen LogP contribution in [0.2, 0.25) is 0 Å². The number of aliphatic hydroxyl groups excluding tert-OH is 1. The summed E-state index contributed by atoms with van der Waals surface area (Å²) in [4.78, 5) is 0. The van der Waals surface area contributed by atoms with Gasteiger partial charge in [0.05, 0.1) is 6.10 Å². The topological polar surface area (TPSA) is 32.3 Å². The minimum absolute atomic E-state index is 0.0657. The molecule has 0 heterocycles. The maximum atomic E-state index is 9.46. The Balaban J connectivity index is 1.78. The lowest BCUT2D eigenvalue weighted by atomic mass is 9.93. The smallest absolute Gasteiger partial charge is 0.0541 e. The maximum Gasteiger partial charge on any atom is 0.0541 e. The highest BCUT2D eigenvalue weighted by Crippen LogP contribution is 2.18. The van der Waals surface area contributed by atoms with Gasteiger partial charge >= 0.3 is 0 Å². The lowest BCUT2D eigenvalue weighted by molar-refractivity contribution is 0.117.